The van der Waals surface area contributed by atoms with Gasteiger partial charge in [0.15, 0.2) is 0 Å². The van der Waals surface area contributed by atoms with Crippen LogP contribution in [-0.4, -0.2) is 13.1 Å². The molecule has 1 nitrogen and oxygen atoms in total. The summed E-state index contributed by atoms with van der Waals surface area (Å²) in [4.78, 5) is 0. The second kappa shape index (κ2) is 7.49. The molecule has 1 aromatic carbocycles. The van der Waals surface area contributed by atoms with Crippen LogP contribution in [-0.2, 0) is 0 Å². The van der Waals surface area contributed by atoms with E-state index in [1.807, 2.05) is 18.2 Å². The lowest BCUT2D eigenvalue weighted by atomic mass is 10.2. The lowest BCUT2D eigenvalue weighted by molar-refractivity contribution is 0.679. The van der Waals surface area contributed by atoms with Crippen molar-refractivity contribution in [1.82, 2.24) is 5.32 Å². The molecule has 15 heavy (non-hydrogen) atoms. The monoisotopic (exact) mass is 223 g/mol. The summed E-state index contributed by atoms with van der Waals surface area (Å²) in [7, 11) is 0. The fraction of sp³-hybridized carbons (Fsp3) is 0.385. The number of halogens is 1. The van der Waals surface area contributed by atoms with Gasteiger partial charge in [0.1, 0.15) is 0 Å². The van der Waals surface area contributed by atoms with Crippen LogP contribution in [0.2, 0.25) is 5.02 Å². The van der Waals surface area contributed by atoms with Gasteiger partial charge >= 0.3 is 0 Å². The summed E-state index contributed by atoms with van der Waals surface area (Å²) in [6.45, 7) is 4.32. The molecule has 0 aliphatic rings. The fourth-order valence-electron chi connectivity index (χ4n) is 1.32. The van der Waals surface area contributed by atoms with Crippen LogP contribution in [0.3, 0.4) is 0 Å². The van der Waals surface area contributed by atoms with Crippen molar-refractivity contribution in [1.29, 1.82) is 0 Å². The third-order valence-corrected chi connectivity index (χ3v) is 2.31. The minimum Gasteiger partial charge on any atom is -0.316 e. The Bertz CT molecular complexity index is 307. The summed E-state index contributed by atoms with van der Waals surface area (Å²) < 4.78 is 0. The van der Waals surface area contributed by atoms with Gasteiger partial charge in [-0.2, -0.15) is 0 Å². The lowest BCUT2D eigenvalue weighted by Gasteiger charge is -1.98. The average molecular weight is 224 g/mol. The van der Waals surface area contributed by atoms with Crippen LogP contribution in [0, 0.1) is 0 Å². The third-order valence-electron chi connectivity index (χ3n) is 2.07. The minimum absolute atomic E-state index is 0.793. The van der Waals surface area contributed by atoms with Crippen LogP contribution in [0.15, 0.2) is 30.3 Å². The minimum atomic E-state index is 0.793. The number of rotatable bonds is 6. The molecular weight excluding hydrogens is 206 g/mol. The van der Waals surface area contributed by atoms with Crippen LogP contribution in [0.25, 0.3) is 6.08 Å². The van der Waals surface area contributed by atoms with E-state index < -0.39 is 0 Å². The van der Waals surface area contributed by atoms with Crippen LogP contribution < -0.4 is 5.32 Å². The number of hydrogen-bond donors (Lipinski definition) is 1. The standard InChI is InChI=1S/C13H18ClN/c1-2-9-15-10-4-3-6-12-7-5-8-13(14)11-12/h3,5-8,11,15H,2,4,9-10H2,1H3. The molecule has 2 heteroatoms. The van der Waals surface area contributed by atoms with Gasteiger partial charge in [-0.25, -0.2) is 0 Å². The van der Waals surface area contributed by atoms with Gasteiger partial charge in [0.2, 0.25) is 0 Å². The molecular formula is C13H18ClN. The average Bonchev–Trinajstić information content (AvgIpc) is 2.23. The van der Waals surface area contributed by atoms with Gasteiger partial charge in [-0.3, -0.25) is 0 Å². The summed E-state index contributed by atoms with van der Waals surface area (Å²) in [5.74, 6) is 0. The zero-order valence-corrected chi connectivity index (χ0v) is 9.93. The maximum Gasteiger partial charge on any atom is 0.0411 e. The van der Waals surface area contributed by atoms with Crippen LogP contribution in [0.1, 0.15) is 25.3 Å². The molecule has 0 radical (unpaired) electrons. The van der Waals surface area contributed by atoms with Crippen LogP contribution in [0.4, 0.5) is 0 Å². The Morgan fingerprint density at radius 3 is 2.93 bits per heavy atom. The molecule has 0 heterocycles. The van der Waals surface area contributed by atoms with Crippen molar-refractivity contribution in [3.8, 4) is 0 Å². The van der Waals surface area contributed by atoms with E-state index in [0.29, 0.717) is 0 Å². The molecule has 0 atom stereocenters. The molecule has 0 bridgehead atoms. The molecule has 0 aromatic heterocycles. The molecule has 0 saturated heterocycles. The van der Waals surface area contributed by atoms with E-state index in [0.717, 1.165) is 30.1 Å². The summed E-state index contributed by atoms with van der Waals surface area (Å²) in [6.07, 6.45) is 6.54. The van der Waals surface area contributed by atoms with Crippen molar-refractivity contribution in [2.24, 2.45) is 0 Å². The molecule has 1 aromatic rings. The fourth-order valence-corrected chi connectivity index (χ4v) is 1.52. The van der Waals surface area contributed by atoms with Crippen molar-refractivity contribution in [3.05, 3.63) is 40.9 Å². The molecule has 0 amide bonds. The third kappa shape index (κ3) is 5.60. The van der Waals surface area contributed by atoms with Gasteiger partial charge < -0.3 is 5.32 Å². The van der Waals surface area contributed by atoms with Crippen molar-refractivity contribution in [2.75, 3.05) is 13.1 Å². The van der Waals surface area contributed by atoms with E-state index in [4.69, 9.17) is 11.6 Å². The van der Waals surface area contributed by atoms with Crippen molar-refractivity contribution >= 4 is 17.7 Å². The van der Waals surface area contributed by atoms with Gasteiger partial charge in [-0.05, 0) is 43.6 Å². The highest BCUT2D eigenvalue weighted by Gasteiger charge is 1.88. The zero-order valence-electron chi connectivity index (χ0n) is 9.17. The quantitative estimate of drug-likeness (QED) is 0.725. The topological polar surface area (TPSA) is 12.0 Å². The first-order chi connectivity index (χ1) is 7.33. The molecule has 0 aliphatic carbocycles. The predicted octanol–water partition coefficient (Wildman–Crippen LogP) is 3.74. The Morgan fingerprint density at radius 1 is 1.33 bits per heavy atom. The first-order valence-corrected chi connectivity index (χ1v) is 5.83. The number of nitrogens with one attached hydrogen (secondary N) is 1. The van der Waals surface area contributed by atoms with Gasteiger partial charge in [-0.15, -0.1) is 0 Å². The van der Waals surface area contributed by atoms with E-state index in [9.17, 15) is 0 Å². The second-order valence-electron chi connectivity index (χ2n) is 3.50. The highest BCUT2D eigenvalue weighted by Crippen LogP contribution is 2.11. The van der Waals surface area contributed by atoms with Crippen LogP contribution >= 0.6 is 11.6 Å². The van der Waals surface area contributed by atoms with Crippen molar-refractivity contribution in [2.45, 2.75) is 19.8 Å². The summed E-state index contributed by atoms with van der Waals surface area (Å²) >= 11 is 5.88. The Hall–Kier alpha value is -0.790. The SMILES string of the molecule is CCCNCCC=Cc1cccc(Cl)c1. The Labute approximate surface area is 97.1 Å². The zero-order chi connectivity index (χ0) is 10.9. The molecule has 0 unspecified atom stereocenters. The predicted molar refractivity (Wildman–Crippen MR) is 68.3 cm³/mol. The van der Waals surface area contributed by atoms with Crippen molar-refractivity contribution in [3.63, 3.8) is 0 Å². The molecule has 1 rings (SSSR count). The molecule has 1 N–H and O–H groups in total. The van der Waals surface area contributed by atoms with Gasteiger partial charge in [-0.1, -0.05) is 42.8 Å². The molecule has 0 spiro atoms. The van der Waals surface area contributed by atoms with Crippen molar-refractivity contribution < 1.29 is 0 Å². The highest BCUT2D eigenvalue weighted by atomic mass is 35.5. The largest absolute Gasteiger partial charge is 0.316 e. The van der Waals surface area contributed by atoms with Crippen LogP contribution in [0.5, 0.6) is 0 Å². The summed E-state index contributed by atoms with van der Waals surface area (Å²) in [6, 6.07) is 7.89. The summed E-state index contributed by atoms with van der Waals surface area (Å²) in [5, 5.41) is 4.15. The molecule has 0 saturated carbocycles. The van der Waals surface area contributed by atoms with Gasteiger partial charge in [0.05, 0.1) is 0 Å². The van der Waals surface area contributed by atoms with E-state index in [-0.39, 0.29) is 0 Å². The van der Waals surface area contributed by atoms with E-state index in [1.165, 1.54) is 6.42 Å². The molecule has 82 valence electrons. The number of hydrogen-bond acceptors (Lipinski definition) is 1. The summed E-state index contributed by atoms with van der Waals surface area (Å²) in [5.41, 5.74) is 1.16. The Balaban J connectivity index is 2.26. The number of benzene rings is 1. The maximum absolute atomic E-state index is 5.88. The van der Waals surface area contributed by atoms with Gasteiger partial charge in [0, 0.05) is 5.02 Å². The normalized spacial score (nSPS) is 11.1. The van der Waals surface area contributed by atoms with E-state index >= 15 is 0 Å². The smallest absolute Gasteiger partial charge is 0.0411 e. The lowest BCUT2D eigenvalue weighted by Crippen LogP contribution is -2.14. The second-order valence-corrected chi connectivity index (χ2v) is 3.93. The first-order valence-electron chi connectivity index (χ1n) is 5.45. The van der Waals surface area contributed by atoms with E-state index in [2.05, 4.69) is 30.5 Å². The maximum atomic E-state index is 5.88. The molecule has 0 fully saturated rings. The highest BCUT2D eigenvalue weighted by molar-refractivity contribution is 6.30. The molecule has 0 aliphatic heterocycles. The Morgan fingerprint density at radius 2 is 2.20 bits per heavy atom. The van der Waals surface area contributed by atoms with Gasteiger partial charge in [0.25, 0.3) is 0 Å². The first kappa shape index (κ1) is 12.3. The Kier molecular flexibility index (Phi) is 6.14. The van der Waals surface area contributed by atoms with E-state index in [1.54, 1.807) is 0 Å².